The molecule has 0 aliphatic heterocycles. The Bertz CT molecular complexity index is 197. The first-order valence-corrected chi connectivity index (χ1v) is 4.89. The van der Waals surface area contributed by atoms with E-state index in [0.29, 0.717) is 13.0 Å². The van der Waals surface area contributed by atoms with Gasteiger partial charge in [0, 0.05) is 20.1 Å². The van der Waals surface area contributed by atoms with Crippen LogP contribution in [0, 0.1) is 0 Å². The molecule has 6 heteroatoms. The van der Waals surface area contributed by atoms with Gasteiger partial charge in [0.25, 0.3) is 0 Å². The van der Waals surface area contributed by atoms with Crippen LogP contribution in [0.2, 0.25) is 0 Å². The maximum atomic E-state index is 10.9. The van der Waals surface area contributed by atoms with Crippen molar-refractivity contribution in [3.8, 4) is 0 Å². The van der Waals surface area contributed by atoms with Crippen molar-refractivity contribution in [1.82, 2.24) is 10.6 Å². The molecular formula is C9H18N2O4. The van der Waals surface area contributed by atoms with Crippen LogP contribution in [0.25, 0.3) is 0 Å². The van der Waals surface area contributed by atoms with Gasteiger partial charge < -0.3 is 20.5 Å². The SMILES string of the molecule is COCNC(=O)NCCCCCC(=O)O. The number of hydrogen-bond donors (Lipinski definition) is 3. The second-order valence-corrected chi connectivity index (χ2v) is 3.07. The Morgan fingerprint density at radius 2 is 1.93 bits per heavy atom. The van der Waals surface area contributed by atoms with Crippen molar-refractivity contribution in [2.24, 2.45) is 0 Å². The first-order chi connectivity index (χ1) is 7.16. The molecule has 0 aliphatic rings. The molecule has 0 unspecified atom stereocenters. The number of rotatable bonds is 8. The Hall–Kier alpha value is -1.30. The molecule has 0 aliphatic carbocycles. The van der Waals surface area contributed by atoms with Gasteiger partial charge in [0.05, 0.1) is 0 Å². The van der Waals surface area contributed by atoms with Gasteiger partial charge in [0.2, 0.25) is 0 Å². The summed E-state index contributed by atoms with van der Waals surface area (Å²) in [5.41, 5.74) is 0. The van der Waals surface area contributed by atoms with Gasteiger partial charge in [-0.3, -0.25) is 4.79 Å². The van der Waals surface area contributed by atoms with Crippen LogP contribution in [0.4, 0.5) is 4.79 Å². The minimum atomic E-state index is -0.777. The summed E-state index contributed by atoms with van der Waals surface area (Å²) < 4.78 is 4.65. The number of urea groups is 1. The fourth-order valence-electron chi connectivity index (χ4n) is 0.980. The fraction of sp³-hybridized carbons (Fsp3) is 0.778. The number of ether oxygens (including phenoxy) is 1. The average Bonchev–Trinajstić information content (AvgIpc) is 2.19. The van der Waals surface area contributed by atoms with E-state index in [1.165, 1.54) is 7.11 Å². The van der Waals surface area contributed by atoms with Crippen molar-refractivity contribution in [3.63, 3.8) is 0 Å². The van der Waals surface area contributed by atoms with E-state index in [1.807, 2.05) is 0 Å². The molecule has 2 amide bonds. The number of hydrogen-bond acceptors (Lipinski definition) is 3. The Morgan fingerprint density at radius 1 is 1.20 bits per heavy atom. The highest BCUT2D eigenvalue weighted by Gasteiger charge is 1.98. The maximum absolute atomic E-state index is 10.9. The largest absolute Gasteiger partial charge is 0.481 e. The van der Waals surface area contributed by atoms with Crippen LogP contribution in [0.1, 0.15) is 25.7 Å². The van der Waals surface area contributed by atoms with Crippen LogP contribution in [0.15, 0.2) is 0 Å². The van der Waals surface area contributed by atoms with Gasteiger partial charge in [-0.05, 0) is 12.8 Å². The summed E-state index contributed by atoms with van der Waals surface area (Å²) in [5.74, 6) is -0.777. The monoisotopic (exact) mass is 218 g/mol. The minimum Gasteiger partial charge on any atom is -0.481 e. The first kappa shape index (κ1) is 13.7. The number of carbonyl (C=O) groups is 2. The fourth-order valence-corrected chi connectivity index (χ4v) is 0.980. The molecule has 6 nitrogen and oxygen atoms in total. The van der Waals surface area contributed by atoms with E-state index in [4.69, 9.17) is 5.11 Å². The van der Waals surface area contributed by atoms with E-state index in [1.54, 1.807) is 0 Å². The number of unbranched alkanes of at least 4 members (excludes halogenated alkanes) is 2. The number of carboxylic acids is 1. The highest BCUT2D eigenvalue weighted by atomic mass is 16.5. The van der Waals surface area contributed by atoms with Crippen LogP contribution in [0.3, 0.4) is 0 Å². The zero-order valence-corrected chi connectivity index (χ0v) is 8.91. The van der Waals surface area contributed by atoms with Crippen molar-refractivity contribution in [3.05, 3.63) is 0 Å². The van der Waals surface area contributed by atoms with E-state index in [2.05, 4.69) is 15.4 Å². The van der Waals surface area contributed by atoms with E-state index in [0.717, 1.165) is 12.8 Å². The summed E-state index contributed by atoms with van der Waals surface area (Å²) in [4.78, 5) is 21.1. The van der Waals surface area contributed by atoms with Crippen LogP contribution < -0.4 is 10.6 Å². The van der Waals surface area contributed by atoms with Crippen molar-refractivity contribution >= 4 is 12.0 Å². The van der Waals surface area contributed by atoms with E-state index >= 15 is 0 Å². The normalized spacial score (nSPS) is 9.67. The topological polar surface area (TPSA) is 87.7 Å². The molecule has 88 valence electrons. The molecular weight excluding hydrogens is 200 g/mol. The smallest absolute Gasteiger partial charge is 0.316 e. The third-order valence-electron chi connectivity index (χ3n) is 1.73. The van der Waals surface area contributed by atoms with Crippen molar-refractivity contribution in [2.45, 2.75) is 25.7 Å². The maximum Gasteiger partial charge on any atom is 0.316 e. The second-order valence-electron chi connectivity index (χ2n) is 3.07. The van der Waals surface area contributed by atoms with Gasteiger partial charge in [-0.2, -0.15) is 0 Å². The lowest BCUT2D eigenvalue weighted by Gasteiger charge is -2.05. The summed E-state index contributed by atoms with van der Waals surface area (Å²) in [5, 5.41) is 13.5. The molecule has 0 aromatic carbocycles. The number of amides is 2. The molecule has 0 bridgehead atoms. The number of aliphatic carboxylic acids is 1. The molecule has 0 aromatic rings. The van der Waals surface area contributed by atoms with E-state index in [-0.39, 0.29) is 19.2 Å². The van der Waals surface area contributed by atoms with Gasteiger partial charge in [0.15, 0.2) is 0 Å². The standard InChI is InChI=1S/C9H18N2O4/c1-15-7-11-9(14)10-6-4-2-3-5-8(12)13/h2-7H2,1H3,(H,12,13)(H2,10,11,14). The molecule has 15 heavy (non-hydrogen) atoms. The zero-order valence-electron chi connectivity index (χ0n) is 8.91. The van der Waals surface area contributed by atoms with Crippen molar-refractivity contribution < 1.29 is 19.4 Å². The molecule has 0 rings (SSSR count). The molecule has 0 fully saturated rings. The predicted molar refractivity (Wildman–Crippen MR) is 54.5 cm³/mol. The Balaban J connectivity index is 3.16. The van der Waals surface area contributed by atoms with Crippen LogP contribution >= 0.6 is 0 Å². The minimum absolute atomic E-state index is 0.185. The van der Waals surface area contributed by atoms with Crippen LogP contribution in [-0.4, -0.2) is 37.5 Å². The summed E-state index contributed by atoms with van der Waals surface area (Å²) in [6.45, 7) is 0.736. The molecule has 0 spiro atoms. The number of methoxy groups -OCH3 is 1. The summed E-state index contributed by atoms with van der Waals surface area (Å²) >= 11 is 0. The molecule has 0 atom stereocenters. The quantitative estimate of drug-likeness (QED) is 0.410. The highest BCUT2D eigenvalue weighted by Crippen LogP contribution is 1.98. The summed E-state index contributed by atoms with van der Waals surface area (Å²) in [7, 11) is 1.49. The van der Waals surface area contributed by atoms with Gasteiger partial charge in [-0.15, -0.1) is 0 Å². The van der Waals surface area contributed by atoms with Crippen molar-refractivity contribution in [2.75, 3.05) is 20.4 Å². The zero-order chi connectivity index (χ0) is 11.5. The van der Waals surface area contributed by atoms with Gasteiger partial charge in [-0.1, -0.05) is 6.42 Å². The Labute approximate surface area is 89.0 Å². The van der Waals surface area contributed by atoms with Crippen molar-refractivity contribution in [1.29, 1.82) is 0 Å². The molecule has 3 N–H and O–H groups in total. The Kier molecular flexibility index (Phi) is 8.46. The van der Waals surface area contributed by atoms with Crippen LogP contribution in [0.5, 0.6) is 0 Å². The number of carbonyl (C=O) groups excluding carboxylic acids is 1. The molecule has 0 radical (unpaired) electrons. The van der Waals surface area contributed by atoms with Gasteiger partial charge in [-0.25, -0.2) is 4.79 Å². The third-order valence-corrected chi connectivity index (χ3v) is 1.73. The number of carboxylic acid groups (broad SMARTS) is 1. The lowest BCUT2D eigenvalue weighted by molar-refractivity contribution is -0.137. The highest BCUT2D eigenvalue weighted by molar-refractivity contribution is 5.73. The van der Waals surface area contributed by atoms with E-state index < -0.39 is 5.97 Å². The third kappa shape index (κ3) is 10.6. The Morgan fingerprint density at radius 3 is 2.53 bits per heavy atom. The van der Waals surface area contributed by atoms with Crippen LogP contribution in [-0.2, 0) is 9.53 Å². The molecule has 0 heterocycles. The average molecular weight is 218 g/mol. The lowest BCUT2D eigenvalue weighted by atomic mass is 10.2. The van der Waals surface area contributed by atoms with Gasteiger partial charge in [0.1, 0.15) is 6.73 Å². The molecule has 0 saturated heterocycles. The predicted octanol–water partition coefficient (Wildman–Crippen LogP) is 0.534. The second kappa shape index (κ2) is 9.26. The number of nitrogens with one attached hydrogen (secondary N) is 2. The van der Waals surface area contributed by atoms with Gasteiger partial charge >= 0.3 is 12.0 Å². The summed E-state index contributed by atoms with van der Waals surface area (Å²) in [6.07, 6.45) is 2.43. The molecule has 0 aromatic heterocycles. The lowest BCUT2D eigenvalue weighted by Crippen LogP contribution is -2.36. The summed E-state index contributed by atoms with van der Waals surface area (Å²) in [6, 6.07) is -0.268. The molecule has 0 saturated carbocycles. The first-order valence-electron chi connectivity index (χ1n) is 4.89. The van der Waals surface area contributed by atoms with E-state index in [9.17, 15) is 9.59 Å².